The molecule has 0 aliphatic carbocycles. The van der Waals surface area contributed by atoms with Crippen LogP contribution in [-0.4, -0.2) is 58.2 Å². The van der Waals surface area contributed by atoms with Crippen LogP contribution in [0.1, 0.15) is 12.5 Å². The van der Waals surface area contributed by atoms with E-state index in [4.69, 9.17) is 5.11 Å². The van der Waals surface area contributed by atoms with Crippen LogP contribution >= 0.6 is 0 Å². The van der Waals surface area contributed by atoms with Gasteiger partial charge in [0.25, 0.3) is 5.56 Å². The van der Waals surface area contributed by atoms with Crippen molar-refractivity contribution in [1.82, 2.24) is 14.3 Å². The number of aryl methyl sites for hydroxylation is 1. The van der Waals surface area contributed by atoms with Gasteiger partial charge in [-0.05, 0) is 25.5 Å². The molecule has 0 bridgehead atoms. The maximum Gasteiger partial charge on any atom is 0.259 e. The van der Waals surface area contributed by atoms with Crippen LogP contribution in [0.15, 0.2) is 29.2 Å². The van der Waals surface area contributed by atoms with Gasteiger partial charge in [-0.25, -0.2) is 4.98 Å². The molecule has 1 fully saturated rings. The highest BCUT2D eigenvalue weighted by molar-refractivity contribution is 5.53. The molecule has 2 aromatic heterocycles. The van der Waals surface area contributed by atoms with Crippen molar-refractivity contribution in [2.24, 2.45) is 0 Å². The number of pyridine rings is 1. The number of piperazine rings is 1. The van der Waals surface area contributed by atoms with Crippen LogP contribution in [0, 0.1) is 6.92 Å². The minimum Gasteiger partial charge on any atom is -0.395 e. The van der Waals surface area contributed by atoms with Gasteiger partial charge in [-0.2, -0.15) is 0 Å². The summed E-state index contributed by atoms with van der Waals surface area (Å²) in [5.74, 6) is 0.745. The molecule has 0 unspecified atom stereocenters. The lowest BCUT2D eigenvalue weighted by atomic mass is 10.2. The second-order valence-electron chi connectivity index (χ2n) is 5.89. The van der Waals surface area contributed by atoms with Crippen LogP contribution in [0.5, 0.6) is 0 Å². The molecule has 1 aliphatic rings. The number of β-amino-alcohol motifs (C(OH)–C–C–N with tert-alkyl or cyclic N) is 1. The van der Waals surface area contributed by atoms with Crippen LogP contribution in [0.25, 0.3) is 5.65 Å². The Morgan fingerprint density at radius 3 is 2.95 bits per heavy atom. The van der Waals surface area contributed by atoms with Crippen LogP contribution in [0.3, 0.4) is 0 Å². The summed E-state index contributed by atoms with van der Waals surface area (Å²) in [6.45, 7) is 7.49. The summed E-state index contributed by atoms with van der Waals surface area (Å²) in [7, 11) is 0. The number of hydrogen-bond acceptors (Lipinski definition) is 5. The summed E-state index contributed by atoms with van der Waals surface area (Å²) in [4.78, 5) is 21.4. The third-order valence-electron chi connectivity index (χ3n) is 4.35. The van der Waals surface area contributed by atoms with E-state index in [0.717, 1.165) is 36.7 Å². The molecular formula is C16H22N4O2. The van der Waals surface area contributed by atoms with Crippen molar-refractivity contribution in [2.45, 2.75) is 19.9 Å². The number of aromatic nitrogens is 2. The molecule has 1 saturated heterocycles. The summed E-state index contributed by atoms with van der Waals surface area (Å²) in [6.07, 6.45) is 1.75. The zero-order valence-electron chi connectivity index (χ0n) is 13.1. The first-order chi connectivity index (χ1) is 10.6. The van der Waals surface area contributed by atoms with Crippen molar-refractivity contribution in [3.8, 4) is 0 Å². The Labute approximate surface area is 129 Å². The van der Waals surface area contributed by atoms with Crippen LogP contribution < -0.4 is 10.5 Å². The Kier molecular flexibility index (Phi) is 4.13. The molecule has 0 aromatic carbocycles. The van der Waals surface area contributed by atoms with Gasteiger partial charge in [0.15, 0.2) is 0 Å². The normalized spacial score (nSPS) is 19.8. The molecule has 1 N–H and O–H groups in total. The molecule has 0 saturated carbocycles. The van der Waals surface area contributed by atoms with E-state index in [1.807, 2.05) is 19.1 Å². The van der Waals surface area contributed by atoms with Gasteiger partial charge in [0, 0.05) is 44.5 Å². The van der Waals surface area contributed by atoms with E-state index in [2.05, 4.69) is 21.7 Å². The molecule has 1 aliphatic heterocycles. The minimum atomic E-state index is -0.0471. The molecule has 3 heterocycles. The first-order valence-electron chi connectivity index (χ1n) is 7.69. The molecule has 0 radical (unpaired) electrons. The number of nitrogens with zero attached hydrogens (tertiary/aromatic N) is 4. The van der Waals surface area contributed by atoms with Gasteiger partial charge in [0.05, 0.1) is 6.61 Å². The highest BCUT2D eigenvalue weighted by Gasteiger charge is 2.24. The van der Waals surface area contributed by atoms with E-state index >= 15 is 0 Å². The topological polar surface area (TPSA) is 61.1 Å². The number of aliphatic hydroxyl groups excluding tert-OH is 1. The smallest absolute Gasteiger partial charge is 0.259 e. The Balaban J connectivity index is 1.91. The number of fused-ring (bicyclic) bond motifs is 1. The standard InChI is InChI=1S/C16H22N4O2/c1-12-4-3-5-20-15(22)10-14(17-16(12)20)19-7-6-18(8-9-21)13(2)11-19/h3-5,10,13,21H,6-9,11H2,1-2H3/t13-/m1/s1. The Hall–Kier alpha value is -1.92. The molecule has 6 heteroatoms. The van der Waals surface area contributed by atoms with Crippen LogP contribution in [0.2, 0.25) is 0 Å². The molecule has 1 atom stereocenters. The maximum absolute atomic E-state index is 12.3. The van der Waals surface area contributed by atoms with E-state index in [-0.39, 0.29) is 12.2 Å². The van der Waals surface area contributed by atoms with Gasteiger partial charge < -0.3 is 10.0 Å². The van der Waals surface area contributed by atoms with E-state index < -0.39 is 0 Å². The predicted molar refractivity (Wildman–Crippen MR) is 86.5 cm³/mol. The molecule has 6 nitrogen and oxygen atoms in total. The number of aliphatic hydroxyl groups is 1. The van der Waals surface area contributed by atoms with Gasteiger partial charge >= 0.3 is 0 Å². The molecule has 118 valence electrons. The van der Waals surface area contributed by atoms with Crippen LogP contribution in [0.4, 0.5) is 5.82 Å². The zero-order chi connectivity index (χ0) is 15.7. The van der Waals surface area contributed by atoms with Gasteiger partial charge in [0.2, 0.25) is 0 Å². The molecular weight excluding hydrogens is 280 g/mol. The van der Waals surface area contributed by atoms with Crippen molar-refractivity contribution in [3.05, 3.63) is 40.3 Å². The van der Waals surface area contributed by atoms with Crippen molar-refractivity contribution < 1.29 is 5.11 Å². The molecule has 0 amide bonds. The molecule has 2 aromatic rings. The maximum atomic E-state index is 12.3. The lowest BCUT2D eigenvalue weighted by Gasteiger charge is -2.40. The van der Waals surface area contributed by atoms with Crippen molar-refractivity contribution in [3.63, 3.8) is 0 Å². The predicted octanol–water partition coefficient (Wildman–Crippen LogP) is 0.506. The highest BCUT2D eigenvalue weighted by Crippen LogP contribution is 2.17. The number of anilines is 1. The van der Waals surface area contributed by atoms with Gasteiger partial charge in [0.1, 0.15) is 11.5 Å². The average Bonchev–Trinajstić information content (AvgIpc) is 2.50. The summed E-state index contributed by atoms with van der Waals surface area (Å²) >= 11 is 0. The molecule has 0 spiro atoms. The van der Waals surface area contributed by atoms with Gasteiger partial charge in [-0.15, -0.1) is 0 Å². The molecule has 22 heavy (non-hydrogen) atoms. The summed E-state index contributed by atoms with van der Waals surface area (Å²) in [6, 6.07) is 5.77. The van der Waals surface area contributed by atoms with Gasteiger partial charge in [-0.3, -0.25) is 14.1 Å². The second-order valence-corrected chi connectivity index (χ2v) is 5.89. The second kappa shape index (κ2) is 6.06. The van der Waals surface area contributed by atoms with E-state index in [1.54, 1.807) is 16.7 Å². The average molecular weight is 302 g/mol. The van der Waals surface area contributed by atoms with Crippen molar-refractivity contribution in [1.29, 1.82) is 0 Å². The summed E-state index contributed by atoms with van der Waals surface area (Å²) < 4.78 is 1.59. The van der Waals surface area contributed by atoms with Crippen LogP contribution in [-0.2, 0) is 0 Å². The zero-order valence-corrected chi connectivity index (χ0v) is 13.1. The first-order valence-corrected chi connectivity index (χ1v) is 7.69. The number of rotatable bonds is 3. The third-order valence-corrected chi connectivity index (χ3v) is 4.35. The fraction of sp³-hybridized carbons (Fsp3) is 0.500. The highest BCUT2D eigenvalue weighted by atomic mass is 16.3. The lowest BCUT2D eigenvalue weighted by molar-refractivity contribution is 0.146. The van der Waals surface area contributed by atoms with Crippen molar-refractivity contribution in [2.75, 3.05) is 37.7 Å². The van der Waals surface area contributed by atoms with E-state index in [1.165, 1.54) is 0 Å². The lowest BCUT2D eigenvalue weighted by Crippen LogP contribution is -2.53. The Bertz CT molecular complexity index is 728. The third kappa shape index (κ3) is 2.71. The van der Waals surface area contributed by atoms with E-state index in [9.17, 15) is 4.79 Å². The SMILES string of the molecule is Cc1cccn2c(=O)cc(N3CCN(CCO)[C@H](C)C3)nc12. The quantitative estimate of drug-likeness (QED) is 0.895. The van der Waals surface area contributed by atoms with Crippen molar-refractivity contribution >= 4 is 11.5 Å². The molecule has 3 rings (SSSR count). The first kappa shape index (κ1) is 15.0. The largest absolute Gasteiger partial charge is 0.395 e. The van der Waals surface area contributed by atoms with Gasteiger partial charge in [-0.1, -0.05) is 6.07 Å². The summed E-state index contributed by atoms with van der Waals surface area (Å²) in [5.41, 5.74) is 1.66. The fourth-order valence-corrected chi connectivity index (χ4v) is 3.08. The fourth-order valence-electron chi connectivity index (χ4n) is 3.08. The Morgan fingerprint density at radius 1 is 1.41 bits per heavy atom. The number of hydrogen-bond donors (Lipinski definition) is 1. The van der Waals surface area contributed by atoms with E-state index in [0.29, 0.717) is 12.6 Å². The monoisotopic (exact) mass is 302 g/mol. The Morgan fingerprint density at radius 2 is 2.23 bits per heavy atom. The summed E-state index contributed by atoms with van der Waals surface area (Å²) in [5, 5.41) is 9.09. The minimum absolute atomic E-state index is 0.0471.